The minimum atomic E-state index is -0.471. The first-order chi connectivity index (χ1) is 17.1. The lowest BCUT2D eigenvalue weighted by Gasteiger charge is -2.59. The van der Waals surface area contributed by atoms with Gasteiger partial charge in [0.15, 0.2) is 5.78 Å². The summed E-state index contributed by atoms with van der Waals surface area (Å²) in [6, 6.07) is 2.31. The fourth-order valence-electron chi connectivity index (χ4n) is 11.3. The molecule has 7 rings (SSSR count). The van der Waals surface area contributed by atoms with Crippen LogP contribution in [0.2, 0.25) is 0 Å². The Morgan fingerprint density at radius 1 is 1.11 bits per heavy atom. The Bertz CT molecular complexity index is 1140. The number of nitriles is 1. The summed E-state index contributed by atoms with van der Waals surface area (Å²) in [5.74, 6) is 5.62. The van der Waals surface area contributed by atoms with E-state index in [4.69, 9.17) is 5.10 Å². The lowest BCUT2D eigenvalue weighted by atomic mass is 9.46. The number of nitrogens with zero attached hydrogens (tertiary/aromatic N) is 3. The van der Waals surface area contributed by atoms with E-state index in [0.29, 0.717) is 47.5 Å². The predicted octanol–water partition coefficient (Wildman–Crippen LogP) is 5.71. The van der Waals surface area contributed by atoms with E-state index < -0.39 is 5.60 Å². The number of ketones is 1. The zero-order valence-electron chi connectivity index (χ0n) is 22.5. The van der Waals surface area contributed by atoms with E-state index >= 15 is 0 Å². The van der Waals surface area contributed by atoms with Crippen molar-refractivity contribution in [2.24, 2.45) is 58.2 Å². The molecule has 6 aliphatic carbocycles. The molecule has 1 heterocycles. The third-order valence-corrected chi connectivity index (χ3v) is 12.9. The van der Waals surface area contributed by atoms with Gasteiger partial charge in [0, 0.05) is 18.0 Å². The fourth-order valence-corrected chi connectivity index (χ4v) is 11.3. The van der Waals surface area contributed by atoms with Crippen molar-refractivity contribution in [2.45, 2.75) is 104 Å². The van der Waals surface area contributed by atoms with Gasteiger partial charge in [-0.15, -0.1) is 0 Å². The summed E-state index contributed by atoms with van der Waals surface area (Å²) >= 11 is 0. The molecular weight excluding hydrogens is 446 g/mol. The second-order valence-electron chi connectivity index (χ2n) is 14.7. The molecule has 0 radical (unpaired) electrons. The Balaban J connectivity index is 1.16. The third kappa shape index (κ3) is 3.09. The summed E-state index contributed by atoms with van der Waals surface area (Å²) in [5, 5.41) is 25.1. The van der Waals surface area contributed by atoms with Crippen LogP contribution in [-0.4, -0.2) is 26.3 Å². The van der Waals surface area contributed by atoms with Gasteiger partial charge in [0.05, 0.1) is 23.4 Å². The van der Waals surface area contributed by atoms with Gasteiger partial charge in [-0.05, 0) is 117 Å². The van der Waals surface area contributed by atoms with Crippen LogP contribution in [-0.2, 0) is 11.3 Å². The van der Waals surface area contributed by atoms with E-state index in [1.807, 2.05) is 13.1 Å². The van der Waals surface area contributed by atoms with E-state index in [-0.39, 0.29) is 16.7 Å². The van der Waals surface area contributed by atoms with Gasteiger partial charge in [0.25, 0.3) is 0 Å². The molecule has 0 bridgehead atoms. The van der Waals surface area contributed by atoms with Crippen molar-refractivity contribution in [2.75, 3.05) is 0 Å². The number of carbonyl (C=O) groups is 1. The molecule has 0 aliphatic heterocycles. The van der Waals surface area contributed by atoms with Crippen molar-refractivity contribution in [1.29, 1.82) is 5.26 Å². The van der Waals surface area contributed by atoms with Gasteiger partial charge in [0.1, 0.15) is 6.07 Å². The van der Waals surface area contributed by atoms with Gasteiger partial charge in [-0.1, -0.05) is 20.8 Å². The molecule has 0 spiro atoms. The number of hydrogen-bond acceptors (Lipinski definition) is 4. The summed E-state index contributed by atoms with van der Waals surface area (Å²) in [5.41, 5.74) is 1.47. The van der Waals surface area contributed by atoms with Crippen LogP contribution in [0.1, 0.15) is 103 Å². The Labute approximate surface area is 216 Å². The zero-order valence-corrected chi connectivity index (χ0v) is 22.5. The minimum absolute atomic E-state index is 0.0850. The van der Waals surface area contributed by atoms with Crippen molar-refractivity contribution >= 4 is 5.78 Å². The molecule has 1 N–H and O–H groups in total. The molecular formula is C31H43N3O2. The van der Waals surface area contributed by atoms with E-state index in [1.54, 1.807) is 4.68 Å². The highest BCUT2D eigenvalue weighted by Crippen LogP contribution is 2.83. The number of aliphatic hydroxyl groups is 1. The van der Waals surface area contributed by atoms with Crippen LogP contribution in [0.15, 0.2) is 6.20 Å². The Morgan fingerprint density at radius 3 is 2.58 bits per heavy atom. The largest absolute Gasteiger partial charge is 0.390 e. The molecule has 1 aromatic rings. The molecule has 0 aromatic carbocycles. The molecule has 6 fully saturated rings. The Kier molecular flexibility index (Phi) is 4.86. The van der Waals surface area contributed by atoms with E-state index in [0.717, 1.165) is 49.1 Å². The van der Waals surface area contributed by atoms with Crippen molar-refractivity contribution in [1.82, 2.24) is 9.78 Å². The highest BCUT2D eigenvalue weighted by molar-refractivity contribution is 5.83. The fraction of sp³-hybridized carbons (Fsp3) is 0.839. The molecule has 1 aromatic heterocycles. The van der Waals surface area contributed by atoms with E-state index in [9.17, 15) is 15.2 Å². The Morgan fingerprint density at radius 2 is 1.86 bits per heavy atom. The maximum Gasteiger partial charge on any atom is 0.158 e. The standard InChI is InChI=1S/C31H43N3O2/c1-17-25-26(24(35)16-34-15-20(14-32)27(33-34)18-5-6-18)30(3)12-10-22-21-9-11-29(2,36)13-19(21)7-8-23(22)28(30)31(17,25)4/h15,17-19,21-23,25-26,28,36H,5-13,16H2,1-4H3/t17-,19-,21+,22-,23-,25-,26+,28+,29-,30-,31-/m1/s1. The second kappa shape index (κ2) is 7.46. The second-order valence-corrected chi connectivity index (χ2v) is 14.7. The van der Waals surface area contributed by atoms with Gasteiger partial charge >= 0.3 is 0 Å². The maximum atomic E-state index is 14.1. The van der Waals surface area contributed by atoms with Crippen molar-refractivity contribution < 1.29 is 9.90 Å². The molecule has 0 unspecified atom stereocenters. The topological polar surface area (TPSA) is 78.9 Å². The SMILES string of the molecule is C[C@@H]1[C@@H]2[C@H](C(=O)Cn3cc(C#N)c(C4CC4)n3)[C@@]3(C)CC[C@H]4[C@@H](CC[C@@H]5C[C@](C)(O)CC[C@@H]54)[C@@H]3[C@@]21C. The quantitative estimate of drug-likeness (QED) is 0.587. The number of carbonyl (C=O) groups excluding carboxylic acids is 1. The van der Waals surface area contributed by atoms with E-state index in [1.165, 1.54) is 32.1 Å². The zero-order chi connectivity index (χ0) is 25.2. The number of hydrogen-bond donors (Lipinski definition) is 1. The molecule has 6 saturated carbocycles. The first-order valence-electron chi connectivity index (χ1n) is 14.8. The average Bonchev–Trinajstić information content (AvgIpc) is 3.68. The van der Waals surface area contributed by atoms with Crippen LogP contribution in [0.5, 0.6) is 0 Å². The molecule has 194 valence electrons. The predicted molar refractivity (Wildman–Crippen MR) is 137 cm³/mol. The number of rotatable bonds is 4. The van der Waals surface area contributed by atoms with Crippen LogP contribution in [0, 0.1) is 69.5 Å². The highest BCUT2D eigenvalue weighted by atomic mass is 16.3. The molecule has 0 amide bonds. The molecule has 11 atom stereocenters. The first kappa shape index (κ1) is 23.4. The summed E-state index contributed by atoms with van der Waals surface area (Å²) in [6.07, 6.45) is 12.1. The number of fused-ring (bicyclic) bond motifs is 7. The summed E-state index contributed by atoms with van der Waals surface area (Å²) in [4.78, 5) is 14.1. The van der Waals surface area contributed by atoms with Crippen LogP contribution >= 0.6 is 0 Å². The normalized spacial score (nSPS) is 50.9. The van der Waals surface area contributed by atoms with Gasteiger partial charge < -0.3 is 5.11 Å². The smallest absolute Gasteiger partial charge is 0.158 e. The number of Topliss-reactive ketones (excluding diaryl/α,β-unsaturated/α-hetero) is 1. The molecule has 5 nitrogen and oxygen atoms in total. The molecule has 6 aliphatic rings. The van der Waals surface area contributed by atoms with Crippen molar-refractivity contribution in [3.8, 4) is 6.07 Å². The molecule has 36 heavy (non-hydrogen) atoms. The third-order valence-electron chi connectivity index (χ3n) is 12.9. The number of aromatic nitrogens is 2. The van der Waals surface area contributed by atoms with Crippen LogP contribution in [0.4, 0.5) is 0 Å². The van der Waals surface area contributed by atoms with Gasteiger partial charge in [-0.25, -0.2) is 0 Å². The summed E-state index contributed by atoms with van der Waals surface area (Å²) in [7, 11) is 0. The van der Waals surface area contributed by atoms with Gasteiger partial charge in [-0.2, -0.15) is 10.4 Å². The van der Waals surface area contributed by atoms with E-state index in [2.05, 4.69) is 26.8 Å². The van der Waals surface area contributed by atoms with Crippen LogP contribution in [0.3, 0.4) is 0 Å². The lowest BCUT2D eigenvalue weighted by molar-refractivity contribution is -0.139. The summed E-state index contributed by atoms with van der Waals surface area (Å²) < 4.78 is 1.79. The Hall–Kier alpha value is -1.67. The van der Waals surface area contributed by atoms with Crippen molar-refractivity contribution in [3.05, 3.63) is 17.5 Å². The van der Waals surface area contributed by atoms with Gasteiger partial charge in [0.2, 0.25) is 0 Å². The van der Waals surface area contributed by atoms with Crippen LogP contribution < -0.4 is 0 Å². The minimum Gasteiger partial charge on any atom is -0.390 e. The first-order valence-corrected chi connectivity index (χ1v) is 14.8. The highest BCUT2D eigenvalue weighted by Gasteiger charge is 2.80. The average molecular weight is 490 g/mol. The molecule has 5 heteroatoms. The van der Waals surface area contributed by atoms with Gasteiger partial charge in [-0.3, -0.25) is 9.48 Å². The lowest BCUT2D eigenvalue weighted by Crippen LogP contribution is -2.53. The monoisotopic (exact) mass is 489 g/mol. The van der Waals surface area contributed by atoms with Crippen LogP contribution in [0.25, 0.3) is 0 Å². The maximum absolute atomic E-state index is 14.1. The molecule has 0 saturated heterocycles. The van der Waals surface area contributed by atoms with Crippen molar-refractivity contribution in [3.63, 3.8) is 0 Å². The summed E-state index contributed by atoms with van der Waals surface area (Å²) in [6.45, 7) is 9.76.